The second kappa shape index (κ2) is 9.65. The molecule has 9 heteroatoms. The molecule has 2 aromatic carbocycles. The van der Waals surface area contributed by atoms with Crippen molar-refractivity contribution in [2.45, 2.75) is 0 Å². The van der Waals surface area contributed by atoms with Gasteiger partial charge >= 0.3 is 6.03 Å². The van der Waals surface area contributed by atoms with Gasteiger partial charge in [0.15, 0.2) is 0 Å². The SMILES string of the molecule is CNC(=O)c1cc(Oc2ccc(NC(=O)Nc3cc4ccccc4nc3OC)cc2)ccn1. The molecule has 0 aliphatic heterocycles. The minimum atomic E-state index is -0.441. The Labute approximate surface area is 189 Å². The molecule has 0 saturated carbocycles. The Hall–Kier alpha value is -4.66. The topological polar surface area (TPSA) is 114 Å². The number of nitrogens with one attached hydrogen (secondary N) is 3. The van der Waals surface area contributed by atoms with E-state index in [2.05, 4.69) is 25.9 Å². The Kier molecular flexibility index (Phi) is 6.31. The van der Waals surface area contributed by atoms with E-state index in [1.165, 1.54) is 20.4 Å². The number of amides is 3. The average Bonchev–Trinajstić information content (AvgIpc) is 2.84. The maximum absolute atomic E-state index is 12.5. The van der Waals surface area contributed by atoms with Gasteiger partial charge in [0, 0.05) is 30.4 Å². The first-order valence-corrected chi connectivity index (χ1v) is 10.0. The van der Waals surface area contributed by atoms with Gasteiger partial charge in [0.05, 0.1) is 12.6 Å². The van der Waals surface area contributed by atoms with Gasteiger partial charge in [-0.1, -0.05) is 18.2 Å². The lowest BCUT2D eigenvalue weighted by molar-refractivity contribution is 0.0958. The van der Waals surface area contributed by atoms with Gasteiger partial charge in [-0.05, 0) is 42.5 Å². The molecule has 0 spiro atoms. The zero-order valence-electron chi connectivity index (χ0n) is 18.0. The highest BCUT2D eigenvalue weighted by Gasteiger charge is 2.11. The molecule has 166 valence electrons. The molecule has 0 unspecified atom stereocenters. The van der Waals surface area contributed by atoms with Crippen LogP contribution in [0.5, 0.6) is 17.4 Å². The summed E-state index contributed by atoms with van der Waals surface area (Å²) in [4.78, 5) is 32.6. The second-order valence-corrected chi connectivity index (χ2v) is 6.90. The van der Waals surface area contributed by atoms with E-state index in [1.54, 1.807) is 42.5 Å². The maximum atomic E-state index is 12.5. The van der Waals surface area contributed by atoms with Crippen molar-refractivity contribution in [3.05, 3.63) is 78.6 Å². The number of urea groups is 1. The molecule has 9 nitrogen and oxygen atoms in total. The van der Waals surface area contributed by atoms with E-state index < -0.39 is 6.03 Å². The highest BCUT2D eigenvalue weighted by molar-refractivity contribution is 6.01. The Morgan fingerprint density at radius 2 is 1.70 bits per heavy atom. The van der Waals surface area contributed by atoms with E-state index >= 15 is 0 Å². The van der Waals surface area contributed by atoms with Gasteiger partial charge < -0.3 is 25.4 Å². The minimum Gasteiger partial charge on any atom is -0.479 e. The number of nitrogens with zero attached hydrogens (tertiary/aromatic N) is 2. The van der Waals surface area contributed by atoms with Crippen LogP contribution in [0.3, 0.4) is 0 Å². The third-order valence-electron chi connectivity index (χ3n) is 4.67. The van der Waals surface area contributed by atoms with Crippen LogP contribution >= 0.6 is 0 Å². The van der Waals surface area contributed by atoms with E-state index in [9.17, 15) is 9.59 Å². The van der Waals surface area contributed by atoms with Crippen LogP contribution in [0.2, 0.25) is 0 Å². The Balaban J connectivity index is 1.42. The van der Waals surface area contributed by atoms with Gasteiger partial charge in [-0.15, -0.1) is 0 Å². The van der Waals surface area contributed by atoms with Crippen LogP contribution in [0.1, 0.15) is 10.5 Å². The lowest BCUT2D eigenvalue weighted by Gasteiger charge is -2.12. The van der Waals surface area contributed by atoms with Crippen LogP contribution in [0.15, 0.2) is 72.9 Å². The number of anilines is 2. The van der Waals surface area contributed by atoms with Crippen molar-refractivity contribution in [2.75, 3.05) is 24.8 Å². The summed E-state index contributed by atoms with van der Waals surface area (Å²) in [7, 11) is 3.03. The summed E-state index contributed by atoms with van der Waals surface area (Å²) in [6.45, 7) is 0. The molecule has 4 rings (SSSR count). The molecule has 0 aliphatic rings. The molecule has 0 bridgehead atoms. The van der Waals surface area contributed by atoms with Crippen molar-refractivity contribution in [3.8, 4) is 17.4 Å². The van der Waals surface area contributed by atoms with Gasteiger partial charge in [0.2, 0.25) is 5.88 Å². The number of pyridine rings is 2. The molecule has 0 saturated heterocycles. The van der Waals surface area contributed by atoms with Crippen molar-refractivity contribution < 1.29 is 19.1 Å². The van der Waals surface area contributed by atoms with E-state index in [4.69, 9.17) is 9.47 Å². The predicted octanol–water partition coefficient (Wildman–Crippen LogP) is 4.43. The van der Waals surface area contributed by atoms with Crippen molar-refractivity contribution >= 4 is 34.2 Å². The summed E-state index contributed by atoms with van der Waals surface area (Å²) >= 11 is 0. The molecular weight excluding hydrogens is 422 g/mol. The number of methoxy groups -OCH3 is 1. The zero-order valence-corrected chi connectivity index (χ0v) is 18.0. The summed E-state index contributed by atoms with van der Waals surface area (Å²) in [6, 6.07) is 18.9. The Bertz CT molecular complexity index is 1310. The quantitative estimate of drug-likeness (QED) is 0.406. The highest BCUT2D eigenvalue weighted by Crippen LogP contribution is 2.27. The van der Waals surface area contributed by atoms with Gasteiger partial charge in [-0.2, -0.15) is 0 Å². The van der Waals surface area contributed by atoms with Crippen molar-refractivity contribution in [1.82, 2.24) is 15.3 Å². The summed E-state index contributed by atoms with van der Waals surface area (Å²) in [6.07, 6.45) is 1.50. The number of carbonyl (C=O) groups excluding carboxylic acids is 2. The number of aromatic nitrogens is 2. The third kappa shape index (κ3) is 5.16. The molecule has 2 aromatic heterocycles. The lowest BCUT2D eigenvalue weighted by Crippen LogP contribution is -2.20. The van der Waals surface area contributed by atoms with Crippen molar-refractivity contribution in [2.24, 2.45) is 0 Å². The monoisotopic (exact) mass is 443 g/mol. The average molecular weight is 443 g/mol. The summed E-state index contributed by atoms with van der Waals surface area (Å²) in [5.74, 6) is 1.03. The number of fused-ring (bicyclic) bond motifs is 1. The summed E-state index contributed by atoms with van der Waals surface area (Å²) in [5.41, 5.74) is 2.04. The Morgan fingerprint density at radius 3 is 2.45 bits per heavy atom. The van der Waals surface area contributed by atoms with Crippen molar-refractivity contribution in [3.63, 3.8) is 0 Å². The van der Waals surface area contributed by atoms with Crippen LogP contribution in [0.25, 0.3) is 10.9 Å². The fourth-order valence-electron chi connectivity index (χ4n) is 3.10. The molecule has 0 radical (unpaired) electrons. The molecule has 4 aromatic rings. The van der Waals surface area contributed by atoms with E-state index in [0.717, 1.165) is 10.9 Å². The van der Waals surface area contributed by atoms with Crippen LogP contribution < -0.4 is 25.4 Å². The minimum absolute atomic E-state index is 0.253. The largest absolute Gasteiger partial charge is 0.479 e. The van der Waals surface area contributed by atoms with Crippen LogP contribution in [0.4, 0.5) is 16.2 Å². The second-order valence-electron chi connectivity index (χ2n) is 6.90. The summed E-state index contributed by atoms with van der Waals surface area (Å²) < 4.78 is 11.1. The van der Waals surface area contributed by atoms with E-state index in [1.807, 2.05) is 24.3 Å². The molecule has 0 aliphatic carbocycles. The number of ether oxygens (including phenoxy) is 2. The standard InChI is InChI=1S/C24H21N5O4/c1-25-22(30)20-14-18(11-12-26-20)33-17-9-7-16(8-10-17)27-24(31)29-21-13-15-5-3-4-6-19(15)28-23(21)32-2/h3-14H,1-2H3,(H,25,30)(H2,27,29,31). The number of hydrogen-bond acceptors (Lipinski definition) is 6. The fraction of sp³-hybridized carbons (Fsp3) is 0.0833. The molecule has 33 heavy (non-hydrogen) atoms. The normalized spacial score (nSPS) is 10.4. The number of rotatable bonds is 6. The van der Waals surface area contributed by atoms with Gasteiger partial charge in [-0.3, -0.25) is 9.78 Å². The smallest absolute Gasteiger partial charge is 0.323 e. The molecule has 0 fully saturated rings. The lowest BCUT2D eigenvalue weighted by atomic mass is 10.2. The van der Waals surface area contributed by atoms with E-state index in [-0.39, 0.29) is 11.6 Å². The molecule has 3 amide bonds. The zero-order chi connectivity index (χ0) is 23.2. The number of carbonyl (C=O) groups is 2. The van der Waals surface area contributed by atoms with Gasteiger partial charge in [-0.25, -0.2) is 9.78 Å². The van der Waals surface area contributed by atoms with Crippen LogP contribution in [-0.4, -0.2) is 36.1 Å². The predicted molar refractivity (Wildman–Crippen MR) is 125 cm³/mol. The molecular formula is C24H21N5O4. The van der Waals surface area contributed by atoms with Crippen LogP contribution in [-0.2, 0) is 0 Å². The van der Waals surface area contributed by atoms with E-state index in [0.29, 0.717) is 28.8 Å². The number of benzene rings is 2. The molecule has 2 heterocycles. The van der Waals surface area contributed by atoms with Crippen LogP contribution in [0, 0.1) is 0 Å². The first-order chi connectivity index (χ1) is 16.1. The van der Waals surface area contributed by atoms with Gasteiger partial charge in [0.25, 0.3) is 5.91 Å². The third-order valence-corrected chi connectivity index (χ3v) is 4.67. The molecule has 3 N–H and O–H groups in total. The maximum Gasteiger partial charge on any atom is 0.323 e. The number of hydrogen-bond donors (Lipinski definition) is 3. The Morgan fingerprint density at radius 1 is 0.909 bits per heavy atom. The molecule has 0 atom stereocenters. The fourth-order valence-corrected chi connectivity index (χ4v) is 3.10. The van der Waals surface area contributed by atoms with Gasteiger partial charge in [0.1, 0.15) is 22.9 Å². The summed E-state index contributed by atoms with van der Waals surface area (Å²) in [5, 5.41) is 8.92. The number of para-hydroxylation sites is 1. The highest BCUT2D eigenvalue weighted by atomic mass is 16.5. The first kappa shape index (κ1) is 21.6. The first-order valence-electron chi connectivity index (χ1n) is 10.0. The van der Waals surface area contributed by atoms with Crippen molar-refractivity contribution in [1.29, 1.82) is 0 Å².